The molecule has 0 unspecified atom stereocenters. The number of rotatable bonds is 8. The van der Waals surface area contributed by atoms with Crippen LogP contribution in [-0.4, -0.2) is 67.2 Å². The van der Waals surface area contributed by atoms with Crippen molar-refractivity contribution >= 4 is 18.0 Å². The Morgan fingerprint density at radius 2 is 1.47 bits per heavy atom. The van der Waals surface area contributed by atoms with E-state index in [9.17, 15) is 14.4 Å². The fraction of sp³-hybridized carbons (Fsp3) is 0.750. The van der Waals surface area contributed by atoms with Crippen LogP contribution in [0.4, 0.5) is 4.79 Å². The van der Waals surface area contributed by atoms with Crippen LogP contribution >= 0.6 is 0 Å². The van der Waals surface area contributed by atoms with Crippen LogP contribution in [0.3, 0.4) is 0 Å². The van der Waals surface area contributed by atoms with Gasteiger partial charge in [-0.2, -0.15) is 0 Å². The summed E-state index contributed by atoms with van der Waals surface area (Å²) < 4.78 is 4.51. The van der Waals surface area contributed by atoms with E-state index in [2.05, 4.69) is 4.74 Å². The molecule has 0 aliphatic rings. The summed E-state index contributed by atoms with van der Waals surface area (Å²) >= 11 is 0. The number of aliphatic carboxylic acids is 1. The Bertz CT molecular complexity index is 319. The zero-order chi connectivity index (χ0) is 14.8. The summed E-state index contributed by atoms with van der Waals surface area (Å²) in [5, 5.41) is 8.51. The predicted molar refractivity (Wildman–Crippen MR) is 68.8 cm³/mol. The van der Waals surface area contributed by atoms with Gasteiger partial charge in [0.05, 0.1) is 7.11 Å². The van der Waals surface area contributed by atoms with Gasteiger partial charge >= 0.3 is 18.0 Å². The monoisotopic (exact) mass is 274 g/mol. The lowest BCUT2D eigenvalue weighted by Gasteiger charge is -2.24. The molecule has 0 radical (unpaired) electrons. The van der Waals surface area contributed by atoms with Gasteiger partial charge in [0.25, 0.3) is 0 Å². The van der Waals surface area contributed by atoms with Gasteiger partial charge < -0.3 is 19.6 Å². The lowest BCUT2D eigenvalue weighted by atomic mass is 10.3. The Morgan fingerprint density at radius 1 is 1.00 bits per heavy atom. The standard InChI is InChI=1S/C12H22N2O5/c1-13(8-4-6-10(15)16)12(18)14(2)9-5-7-11(17)19-3/h4-9H2,1-3H3,(H,15,16). The van der Waals surface area contributed by atoms with Gasteiger partial charge in [0.2, 0.25) is 0 Å². The average Bonchev–Trinajstić information content (AvgIpc) is 2.36. The minimum absolute atomic E-state index is 0.0453. The van der Waals surface area contributed by atoms with E-state index in [0.717, 1.165) is 0 Å². The van der Waals surface area contributed by atoms with Gasteiger partial charge in [0.1, 0.15) is 0 Å². The second kappa shape index (κ2) is 9.18. The summed E-state index contributed by atoms with van der Waals surface area (Å²) in [5.74, 6) is -1.16. The topological polar surface area (TPSA) is 87.2 Å². The van der Waals surface area contributed by atoms with Gasteiger partial charge in [-0.3, -0.25) is 9.59 Å². The molecule has 1 N–H and O–H groups in total. The van der Waals surface area contributed by atoms with Gasteiger partial charge in [0, 0.05) is 40.0 Å². The van der Waals surface area contributed by atoms with Crippen LogP contribution in [0.1, 0.15) is 25.7 Å². The molecule has 0 rings (SSSR count). The number of ether oxygens (including phenoxy) is 1. The summed E-state index contributed by atoms with van der Waals surface area (Å²) in [7, 11) is 4.60. The summed E-state index contributed by atoms with van der Waals surface area (Å²) in [6.07, 6.45) is 1.28. The lowest BCUT2D eigenvalue weighted by Crippen LogP contribution is -2.39. The van der Waals surface area contributed by atoms with E-state index in [0.29, 0.717) is 25.9 Å². The highest BCUT2D eigenvalue weighted by molar-refractivity contribution is 5.74. The molecule has 110 valence electrons. The molecule has 0 bridgehead atoms. The number of nitrogens with zero attached hydrogens (tertiary/aromatic N) is 2. The number of hydrogen-bond acceptors (Lipinski definition) is 4. The van der Waals surface area contributed by atoms with Crippen LogP contribution in [0, 0.1) is 0 Å². The number of methoxy groups -OCH3 is 1. The molecule has 0 spiro atoms. The Morgan fingerprint density at radius 3 is 1.89 bits per heavy atom. The van der Waals surface area contributed by atoms with Crippen molar-refractivity contribution in [1.82, 2.24) is 9.80 Å². The molecular formula is C12H22N2O5. The molecular weight excluding hydrogens is 252 g/mol. The normalized spacial score (nSPS) is 9.84. The molecule has 0 aliphatic carbocycles. The number of amides is 2. The number of esters is 1. The third-order valence-corrected chi connectivity index (χ3v) is 2.64. The van der Waals surface area contributed by atoms with E-state index in [1.165, 1.54) is 16.9 Å². The van der Waals surface area contributed by atoms with Crippen molar-refractivity contribution in [2.45, 2.75) is 25.7 Å². The van der Waals surface area contributed by atoms with Crippen LogP contribution in [0.5, 0.6) is 0 Å². The number of carbonyl (C=O) groups is 3. The number of carboxylic acids is 1. The summed E-state index contributed by atoms with van der Waals surface area (Å²) in [6, 6.07) is -0.185. The van der Waals surface area contributed by atoms with Crippen LogP contribution < -0.4 is 0 Å². The summed E-state index contributed by atoms with van der Waals surface area (Å²) in [6.45, 7) is 0.851. The maximum atomic E-state index is 11.9. The van der Waals surface area contributed by atoms with E-state index in [1.54, 1.807) is 14.1 Å². The van der Waals surface area contributed by atoms with E-state index in [4.69, 9.17) is 5.11 Å². The SMILES string of the molecule is COC(=O)CCCN(C)C(=O)N(C)CCCC(=O)O. The molecule has 7 nitrogen and oxygen atoms in total. The summed E-state index contributed by atoms with van der Waals surface area (Å²) in [5.41, 5.74) is 0. The summed E-state index contributed by atoms with van der Waals surface area (Å²) in [4.78, 5) is 36.1. The molecule has 7 heteroatoms. The molecule has 0 saturated heterocycles. The van der Waals surface area contributed by atoms with Crippen LogP contribution in [0.2, 0.25) is 0 Å². The van der Waals surface area contributed by atoms with Crippen LogP contribution in [-0.2, 0) is 14.3 Å². The first-order valence-corrected chi connectivity index (χ1v) is 6.13. The Kier molecular flexibility index (Phi) is 8.32. The first kappa shape index (κ1) is 17.2. The van der Waals surface area contributed by atoms with Gasteiger partial charge in [-0.1, -0.05) is 0 Å². The Balaban J connectivity index is 3.90. The third-order valence-electron chi connectivity index (χ3n) is 2.64. The van der Waals surface area contributed by atoms with Crippen LogP contribution in [0.25, 0.3) is 0 Å². The quantitative estimate of drug-likeness (QED) is 0.661. The zero-order valence-electron chi connectivity index (χ0n) is 11.7. The Hall–Kier alpha value is -1.79. The predicted octanol–water partition coefficient (Wildman–Crippen LogP) is 0.788. The first-order chi connectivity index (χ1) is 8.88. The number of hydrogen-bond donors (Lipinski definition) is 1. The highest BCUT2D eigenvalue weighted by atomic mass is 16.5. The van der Waals surface area contributed by atoms with Crippen molar-refractivity contribution in [3.05, 3.63) is 0 Å². The van der Waals surface area contributed by atoms with Gasteiger partial charge in [-0.25, -0.2) is 4.79 Å². The second-order valence-electron chi connectivity index (χ2n) is 4.30. The smallest absolute Gasteiger partial charge is 0.319 e. The van der Waals surface area contributed by atoms with E-state index in [1.807, 2.05) is 0 Å². The van der Waals surface area contributed by atoms with E-state index < -0.39 is 5.97 Å². The molecule has 0 atom stereocenters. The fourth-order valence-corrected chi connectivity index (χ4v) is 1.51. The molecule has 0 saturated carbocycles. The minimum atomic E-state index is -0.868. The molecule has 0 heterocycles. The van der Waals surface area contributed by atoms with Gasteiger partial charge in [-0.15, -0.1) is 0 Å². The van der Waals surface area contributed by atoms with Crippen molar-refractivity contribution in [3.8, 4) is 0 Å². The highest BCUT2D eigenvalue weighted by Crippen LogP contribution is 2.01. The first-order valence-electron chi connectivity index (χ1n) is 6.13. The second-order valence-corrected chi connectivity index (χ2v) is 4.30. The minimum Gasteiger partial charge on any atom is -0.481 e. The maximum Gasteiger partial charge on any atom is 0.319 e. The van der Waals surface area contributed by atoms with Crippen LogP contribution in [0.15, 0.2) is 0 Å². The molecule has 2 amide bonds. The van der Waals surface area contributed by atoms with Gasteiger partial charge in [-0.05, 0) is 12.8 Å². The Labute approximate surface area is 113 Å². The van der Waals surface area contributed by atoms with Crippen molar-refractivity contribution in [2.24, 2.45) is 0 Å². The van der Waals surface area contributed by atoms with Gasteiger partial charge in [0.15, 0.2) is 0 Å². The maximum absolute atomic E-state index is 11.9. The molecule has 0 aromatic rings. The van der Waals surface area contributed by atoms with Crippen molar-refractivity contribution in [1.29, 1.82) is 0 Å². The molecule has 0 fully saturated rings. The molecule has 0 aliphatic heterocycles. The largest absolute Gasteiger partial charge is 0.481 e. The number of urea groups is 1. The highest BCUT2D eigenvalue weighted by Gasteiger charge is 2.14. The number of carbonyl (C=O) groups excluding carboxylic acids is 2. The lowest BCUT2D eigenvalue weighted by molar-refractivity contribution is -0.141. The van der Waals surface area contributed by atoms with Crippen molar-refractivity contribution < 1.29 is 24.2 Å². The fourth-order valence-electron chi connectivity index (χ4n) is 1.51. The molecule has 0 aromatic heterocycles. The van der Waals surface area contributed by atoms with Crippen molar-refractivity contribution in [3.63, 3.8) is 0 Å². The third kappa shape index (κ3) is 8.01. The average molecular weight is 274 g/mol. The van der Waals surface area contributed by atoms with Crippen molar-refractivity contribution in [2.75, 3.05) is 34.3 Å². The zero-order valence-corrected chi connectivity index (χ0v) is 11.7. The molecule has 0 aromatic carbocycles. The van der Waals surface area contributed by atoms with E-state index in [-0.39, 0.29) is 24.8 Å². The van der Waals surface area contributed by atoms with E-state index >= 15 is 0 Å². The number of carboxylic acid groups (broad SMARTS) is 1. The molecule has 19 heavy (non-hydrogen) atoms.